The van der Waals surface area contributed by atoms with Gasteiger partial charge in [-0.05, 0) is 18.1 Å². The topological polar surface area (TPSA) is 37.0 Å². The average Bonchev–Trinajstić information content (AvgIpc) is 2.74. The monoisotopic (exact) mass is 216 g/mol. The Labute approximate surface area is 94.8 Å². The molecular formula is C13H16N2O. The predicted molar refractivity (Wildman–Crippen MR) is 64.6 cm³/mol. The normalized spacial score (nSPS) is 21.4. The maximum Gasteiger partial charge on any atom is 0.0623 e. The molecule has 0 radical (unpaired) electrons. The van der Waals surface area contributed by atoms with Crippen LogP contribution in [-0.2, 0) is 11.2 Å². The molecule has 0 aliphatic carbocycles. The van der Waals surface area contributed by atoms with E-state index >= 15 is 0 Å². The molecule has 1 saturated heterocycles. The van der Waals surface area contributed by atoms with Crippen LogP contribution in [0.4, 0.5) is 0 Å². The molecule has 1 aromatic carbocycles. The molecule has 1 aliphatic rings. The Hall–Kier alpha value is -1.32. The Morgan fingerprint density at radius 2 is 2.25 bits per heavy atom. The lowest BCUT2D eigenvalue weighted by atomic mass is 10.1. The highest BCUT2D eigenvalue weighted by Crippen LogP contribution is 2.19. The number of aromatic nitrogens is 1. The van der Waals surface area contributed by atoms with Crippen molar-refractivity contribution in [2.45, 2.75) is 12.5 Å². The van der Waals surface area contributed by atoms with Crippen LogP contribution in [0, 0.1) is 0 Å². The molecule has 1 unspecified atom stereocenters. The Balaban J connectivity index is 1.83. The van der Waals surface area contributed by atoms with Gasteiger partial charge in [0.1, 0.15) is 0 Å². The third kappa shape index (κ3) is 1.84. The van der Waals surface area contributed by atoms with Gasteiger partial charge in [-0.15, -0.1) is 0 Å². The van der Waals surface area contributed by atoms with Crippen molar-refractivity contribution in [1.82, 2.24) is 10.3 Å². The number of hydrogen-bond donors (Lipinski definition) is 2. The first-order valence-corrected chi connectivity index (χ1v) is 5.79. The highest BCUT2D eigenvalue weighted by molar-refractivity contribution is 5.83. The molecule has 3 heteroatoms. The minimum absolute atomic E-state index is 0.452. The summed E-state index contributed by atoms with van der Waals surface area (Å²) in [5.41, 5.74) is 2.59. The standard InChI is InChI=1S/C13H16N2O/c1-2-4-13-12(3-1)10(8-15-13)7-11-9-16-6-5-14-11/h1-4,8,11,14-15H,5-7,9H2. The van der Waals surface area contributed by atoms with E-state index in [0.717, 1.165) is 26.2 Å². The zero-order chi connectivity index (χ0) is 10.8. The molecule has 84 valence electrons. The summed E-state index contributed by atoms with van der Waals surface area (Å²) in [6.45, 7) is 2.62. The maximum absolute atomic E-state index is 5.47. The number of benzene rings is 1. The van der Waals surface area contributed by atoms with Gasteiger partial charge in [0, 0.05) is 29.7 Å². The number of para-hydroxylation sites is 1. The fraction of sp³-hybridized carbons (Fsp3) is 0.385. The van der Waals surface area contributed by atoms with Crippen molar-refractivity contribution in [2.24, 2.45) is 0 Å². The van der Waals surface area contributed by atoms with Gasteiger partial charge in [-0.1, -0.05) is 18.2 Å². The van der Waals surface area contributed by atoms with Gasteiger partial charge in [-0.2, -0.15) is 0 Å². The number of rotatable bonds is 2. The minimum Gasteiger partial charge on any atom is -0.379 e. The average molecular weight is 216 g/mol. The summed E-state index contributed by atoms with van der Waals surface area (Å²) in [5.74, 6) is 0. The summed E-state index contributed by atoms with van der Waals surface area (Å²) < 4.78 is 5.47. The van der Waals surface area contributed by atoms with E-state index in [1.807, 2.05) is 0 Å². The van der Waals surface area contributed by atoms with Crippen LogP contribution < -0.4 is 5.32 Å². The van der Waals surface area contributed by atoms with Gasteiger partial charge >= 0.3 is 0 Å². The lowest BCUT2D eigenvalue weighted by Crippen LogP contribution is -2.42. The second-order valence-electron chi connectivity index (χ2n) is 4.29. The van der Waals surface area contributed by atoms with Gasteiger partial charge in [0.2, 0.25) is 0 Å². The fourth-order valence-corrected chi connectivity index (χ4v) is 2.32. The van der Waals surface area contributed by atoms with E-state index in [2.05, 4.69) is 40.8 Å². The number of ether oxygens (including phenoxy) is 1. The van der Waals surface area contributed by atoms with Crippen molar-refractivity contribution in [2.75, 3.05) is 19.8 Å². The molecule has 0 spiro atoms. The molecule has 1 aliphatic heterocycles. The molecule has 2 aromatic rings. The first-order valence-electron chi connectivity index (χ1n) is 5.79. The van der Waals surface area contributed by atoms with Gasteiger partial charge in [0.05, 0.1) is 13.2 Å². The van der Waals surface area contributed by atoms with E-state index in [1.165, 1.54) is 16.5 Å². The van der Waals surface area contributed by atoms with Crippen molar-refractivity contribution in [3.63, 3.8) is 0 Å². The van der Waals surface area contributed by atoms with Crippen LogP contribution in [0.3, 0.4) is 0 Å². The van der Waals surface area contributed by atoms with Gasteiger partial charge < -0.3 is 15.0 Å². The lowest BCUT2D eigenvalue weighted by Gasteiger charge is -2.23. The SMILES string of the molecule is c1ccc2c(CC3COCCN3)c[nH]c2c1. The van der Waals surface area contributed by atoms with Crippen LogP contribution in [0.1, 0.15) is 5.56 Å². The van der Waals surface area contributed by atoms with Crippen molar-refractivity contribution < 1.29 is 4.74 Å². The van der Waals surface area contributed by atoms with E-state index in [0.29, 0.717) is 6.04 Å². The van der Waals surface area contributed by atoms with Gasteiger partial charge in [-0.3, -0.25) is 0 Å². The summed E-state index contributed by atoms with van der Waals surface area (Å²) in [6.07, 6.45) is 3.14. The van der Waals surface area contributed by atoms with E-state index in [1.54, 1.807) is 0 Å². The summed E-state index contributed by atoms with van der Waals surface area (Å²) in [6, 6.07) is 8.89. The van der Waals surface area contributed by atoms with E-state index < -0.39 is 0 Å². The van der Waals surface area contributed by atoms with Crippen molar-refractivity contribution in [3.8, 4) is 0 Å². The van der Waals surface area contributed by atoms with Crippen molar-refractivity contribution in [1.29, 1.82) is 0 Å². The molecule has 0 bridgehead atoms. The number of nitrogens with one attached hydrogen (secondary N) is 2. The second-order valence-corrected chi connectivity index (χ2v) is 4.29. The van der Waals surface area contributed by atoms with E-state index in [4.69, 9.17) is 4.74 Å². The molecule has 0 saturated carbocycles. The van der Waals surface area contributed by atoms with Crippen LogP contribution in [-0.4, -0.2) is 30.8 Å². The predicted octanol–water partition coefficient (Wildman–Crippen LogP) is 1.70. The van der Waals surface area contributed by atoms with Gasteiger partial charge in [0.15, 0.2) is 0 Å². The van der Waals surface area contributed by atoms with Crippen LogP contribution >= 0.6 is 0 Å². The van der Waals surface area contributed by atoms with Crippen molar-refractivity contribution in [3.05, 3.63) is 36.0 Å². The fourth-order valence-electron chi connectivity index (χ4n) is 2.32. The third-order valence-corrected chi connectivity index (χ3v) is 3.14. The molecule has 0 amide bonds. The highest BCUT2D eigenvalue weighted by atomic mass is 16.5. The number of hydrogen-bond acceptors (Lipinski definition) is 2. The van der Waals surface area contributed by atoms with Crippen LogP contribution in [0.15, 0.2) is 30.5 Å². The molecule has 2 heterocycles. The quantitative estimate of drug-likeness (QED) is 0.801. The van der Waals surface area contributed by atoms with Crippen molar-refractivity contribution >= 4 is 10.9 Å². The number of aromatic amines is 1. The van der Waals surface area contributed by atoms with Gasteiger partial charge in [-0.25, -0.2) is 0 Å². The Morgan fingerprint density at radius 1 is 1.31 bits per heavy atom. The first-order chi connectivity index (χ1) is 7.93. The van der Waals surface area contributed by atoms with Crippen LogP contribution in [0.2, 0.25) is 0 Å². The Kier molecular flexibility index (Phi) is 2.64. The summed E-state index contributed by atoms with van der Waals surface area (Å²) in [7, 11) is 0. The van der Waals surface area contributed by atoms with Crippen LogP contribution in [0.5, 0.6) is 0 Å². The second kappa shape index (κ2) is 4.28. The minimum atomic E-state index is 0.452. The summed E-state index contributed by atoms with van der Waals surface area (Å²) in [5, 5.41) is 4.81. The number of morpholine rings is 1. The summed E-state index contributed by atoms with van der Waals surface area (Å²) in [4.78, 5) is 3.31. The maximum atomic E-state index is 5.47. The largest absolute Gasteiger partial charge is 0.379 e. The summed E-state index contributed by atoms with van der Waals surface area (Å²) >= 11 is 0. The first kappa shape index (κ1) is 9.87. The smallest absolute Gasteiger partial charge is 0.0623 e. The molecule has 16 heavy (non-hydrogen) atoms. The molecule has 1 fully saturated rings. The molecule has 3 nitrogen and oxygen atoms in total. The number of H-pyrrole nitrogens is 1. The van der Waals surface area contributed by atoms with Crippen LogP contribution in [0.25, 0.3) is 10.9 Å². The molecule has 1 aromatic heterocycles. The Bertz CT molecular complexity index is 471. The molecule has 1 atom stereocenters. The van der Waals surface area contributed by atoms with Gasteiger partial charge in [0.25, 0.3) is 0 Å². The Morgan fingerprint density at radius 3 is 3.12 bits per heavy atom. The zero-order valence-corrected chi connectivity index (χ0v) is 9.20. The van der Waals surface area contributed by atoms with E-state index in [9.17, 15) is 0 Å². The van der Waals surface area contributed by atoms with E-state index in [-0.39, 0.29) is 0 Å². The zero-order valence-electron chi connectivity index (χ0n) is 9.20. The highest BCUT2D eigenvalue weighted by Gasteiger charge is 2.15. The molecule has 3 rings (SSSR count). The number of fused-ring (bicyclic) bond motifs is 1. The third-order valence-electron chi connectivity index (χ3n) is 3.14. The lowest BCUT2D eigenvalue weighted by molar-refractivity contribution is 0.0771. The molecular weight excluding hydrogens is 200 g/mol. The molecule has 2 N–H and O–H groups in total.